The van der Waals surface area contributed by atoms with Crippen LogP contribution in [0.1, 0.15) is 10.4 Å². The van der Waals surface area contributed by atoms with E-state index in [0.29, 0.717) is 5.56 Å². The van der Waals surface area contributed by atoms with Crippen LogP contribution in [0, 0.1) is 16.0 Å². The number of sulfonamides is 1. The Kier molecular flexibility index (Phi) is 6.06. The predicted molar refractivity (Wildman–Crippen MR) is 110 cm³/mol. The van der Waals surface area contributed by atoms with Crippen molar-refractivity contribution in [2.45, 2.75) is 10.6 Å². The van der Waals surface area contributed by atoms with E-state index >= 15 is 0 Å². The third kappa shape index (κ3) is 5.15. The maximum atomic E-state index is 12.5. The van der Waals surface area contributed by atoms with E-state index in [1.54, 1.807) is 42.5 Å². The lowest BCUT2D eigenvalue weighted by atomic mass is 9.97. The molecule has 0 aliphatic heterocycles. The molecule has 9 heteroatoms. The maximum absolute atomic E-state index is 12.5. The van der Waals surface area contributed by atoms with E-state index in [4.69, 9.17) is 0 Å². The maximum Gasteiger partial charge on any atom is 0.269 e. The average molecular weight is 426 g/mol. The molecule has 0 fully saturated rings. The molecule has 0 unspecified atom stereocenters. The van der Waals surface area contributed by atoms with Crippen molar-refractivity contribution in [3.63, 3.8) is 0 Å². The first-order chi connectivity index (χ1) is 14.2. The summed E-state index contributed by atoms with van der Waals surface area (Å²) in [4.78, 5) is 21.9. The van der Waals surface area contributed by atoms with Crippen molar-refractivity contribution < 1.29 is 23.2 Å². The molecule has 30 heavy (non-hydrogen) atoms. The first-order valence-electron chi connectivity index (χ1n) is 8.86. The highest BCUT2D eigenvalue weighted by Crippen LogP contribution is 2.22. The largest absolute Gasteiger partial charge is 0.368 e. The Morgan fingerprint density at radius 2 is 1.67 bits per heavy atom. The highest BCUT2D eigenvalue weighted by atomic mass is 32.2. The van der Waals surface area contributed by atoms with Gasteiger partial charge in [0, 0.05) is 23.6 Å². The van der Waals surface area contributed by atoms with Gasteiger partial charge in [0.2, 0.25) is 10.0 Å². The summed E-state index contributed by atoms with van der Waals surface area (Å²) in [5.41, 5.74) is -1.66. The number of benzene rings is 2. The van der Waals surface area contributed by atoms with Gasteiger partial charge in [0.1, 0.15) is 0 Å². The smallest absolute Gasteiger partial charge is 0.269 e. The second-order valence-corrected chi connectivity index (χ2v) is 8.25. The molecule has 0 atom stereocenters. The van der Waals surface area contributed by atoms with Crippen molar-refractivity contribution in [1.29, 1.82) is 0 Å². The Bertz CT molecular complexity index is 1120. The lowest BCUT2D eigenvalue weighted by Gasteiger charge is -2.25. The monoisotopic (exact) mass is 426 g/mol. The zero-order valence-electron chi connectivity index (χ0n) is 15.6. The number of hydrogen-bond acceptors (Lipinski definition) is 6. The number of rotatable bonds is 7. The number of nitrogens with one attached hydrogen (secondary N) is 1. The Morgan fingerprint density at radius 3 is 2.23 bits per heavy atom. The van der Waals surface area contributed by atoms with Crippen molar-refractivity contribution in [1.82, 2.24) is 4.72 Å². The lowest BCUT2D eigenvalue weighted by Crippen LogP contribution is -2.46. The topological polar surface area (TPSA) is 127 Å². The van der Waals surface area contributed by atoms with Crippen LogP contribution in [0.2, 0.25) is 0 Å². The first kappa shape index (κ1) is 21.3. The van der Waals surface area contributed by atoms with Gasteiger partial charge in [-0.25, -0.2) is 8.42 Å². The second-order valence-electron chi connectivity index (χ2n) is 6.57. The van der Waals surface area contributed by atoms with Crippen LogP contribution in [0.15, 0.2) is 95.9 Å². The molecule has 2 aromatic carbocycles. The molecule has 0 heterocycles. The summed E-state index contributed by atoms with van der Waals surface area (Å²) in [6.07, 6.45) is 8.67. The third-order valence-electron chi connectivity index (χ3n) is 4.33. The Morgan fingerprint density at radius 1 is 1.07 bits per heavy atom. The van der Waals surface area contributed by atoms with Gasteiger partial charge in [-0.15, -0.1) is 0 Å². The molecule has 154 valence electrons. The summed E-state index contributed by atoms with van der Waals surface area (Å²) in [5, 5.41) is 21.2. The Hall–Kier alpha value is -3.40. The van der Waals surface area contributed by atoms with E-state index in [1.165, 1.54) is 18.2 Å². The molecule has 1 aliphatic rings. The standard InChI is InChI=1S/C21H18N2O6S/c24-20(17-4-2-1-3-5-17)11-6-16-12-14-21(25,15-13-16)22-30(28,29)19-9-7-18(8-10-19)23(26)27/h1-16,22,25H/b11-6+. The quantitative estimate of drug-likeness (QED) is 0.175. The minimum absolute atomic E-state index is 0.169. The van der Waals surface area contributed by atoms with Gasteiger partial charge in [-0.05, 0) is 30.4 Å². The molecule has 0 aromatic heterocycles. The van der Waals surface area contributed by atoms with Gasteiger partial charge in [0.05, 0.1) is 9.82 Å². The summed E-state index contributed by atoms with van der Waals surface area (Å²) in [7, 11) is -4.14. The molecule has 0 saturated heterocycles. The van der Waals surface area contributed by atoms with Crippen molar-refractivity contribution in [3.8, 4) is 0 Å². The van der Waals surface area contributed by atoms with E-state index in [2.05, 4.69) is 4.72 Å². The first-order valence-corrected chi connectivity index (χ1v) is 10.3. The molecule has 0 saturated carbocycles. The Labute approximate surface area is 173 Å². The summed E-state index contributed by atoms with van der Waals surface area (Å²) in [5.74, 6) is -0.473. The number of nitro groups is 1. The number of carbonyl (C=O) groups is 1. The predicted octanol–water partition coefficient (Wildman–Crippen LogP) is 2.74. The van der Waals surface area contributed by atoms with Crippen LogP contribution >= 0.6 is 0 Å². The van der Waals surface area contributed by atoms with Gasteiger partial charge in [0.15, 0.2) is 11.5 Å². The van der Waals surface area contributed by atoms with Gasteiger partial charge < -0.3 is 5.11 Å². The molecule has 0 bridgehead atoms. The van der Waals surface area contributed by atoms with Crippen LogP contribution < -0.4 is 4.72 Å². The average Bonchev–Trinajstić information content (AvgIpc) is 2.73. The molecule has 3 rings (SSSR count). The normalized spacial score (nSPS) is 21.0. The van der Waals surface area contributed by atoms with E-state index in [0.717, 1.165) is 24.3 Å². The van der Waals surface area contributed by atoms with Crippen LogP contribution in [-0.4, -0.2) is 30.0 Å². The molecule has 8 nitrogen and oxygen atoms in total. The number of carbonyl (C=O) groups excluding carboxylic acids is 1. The summed E-state index contributed by atoms with van der Waals surface area (Å²) in [6, 6.07) is 13.0. The SMILES string of the molecule is O=C(/C=C/C1C=CC(O)(NS(=O)(=O)c2ccc([N+](=O)[O-])cc2)C=C1)c1ccccc1. The van der Waals surface area contributed by atoms with E-state index in [9.17, 15) is 28.4 Å². The molecular weight excluding hydrogens is 408 g/mol. The number of aliphatic hydroxyl groups is 1. The molecule has 0 spiro atoms. The van der Waals surface area contributed by atoms with Crippen LogP contribution in [0.5, 0.6) is 0 Å². The molecule has 0 radical (unpaired) electrons. The molecular formula is C21H18N2O6S. The van der Waals surface area contributed by atoms with Crippen molar-refractivity contribution >= 4 is 21.5 Å². The minimum atomic E-state index is -4.14. The molecule has 1 aliphatic carbocycles. The highest BCUT2D eigenvalue weighted by Gasteiger charge is 2.30. The summed E-state index contributed by atoms with van der Waals surface area (Å²) >= 11 is 0. The lowest BCUT2D eigenvalue weighted by molar-refractivity contribution is -0.384. The fraction of sp³-hybridized carbons (Fsp3) is 0.0952. The molecule has 2 aromatic rings. The fourth-order valence-corrected chi connectivity index (χ4v) is 3.93. The van der Waals surface area contributed by atoms with Crippen molar-refractivity contribution in [3.05, 3.63) is 107 Å². The minimum Gasteiger partial charge on any atom is -0.368 e. The van der Waals surface area contributed by atoms with Gasteiger partial charge in [0.25, 0.3) is 5.69 Å². The third-order valence-corrected chi connectivity index (χ3v) is 5.82. The van der Waals surface area contributed by atoms with Gasteiger partial charge in [-0.1, -0.05) is 48.6 Å². The van der Waals surface area contributed by atoms with E-state index in [-0.39, 0.29) is 22.3 Å². The Balaban J connectivity index is 1.67. The zero-order valence-corrected chi connectivity index (χ0v) is 16.4. The molecule has 2 N–H and O–H groups in total. The fourth-order valence-electron chi connectivity index (χ4n) is 2.75. The van der Waals surface area contributed by atoms with Gasteiger partial charge in [-0.2, -0.15) is 4.72 Å². The van der Waals surface area contributed by atoms with E-state index in [1.807, 2.05) is 6.07 Å². The number of allylic oxidation sites excluding steroid dienone is 4. The van der Waals surface area contributed by atoms with Crippen molar-refractivity contribution in [2.75, 3.05) is 0 Å². The summed E-state index contributed by atoms with van der Waals surface area (Å²) < 4.78 is 27.1. The van der Waals surface area contributed by atoms with Crippen LogP contribution in [0.4, 0.5) is 5.69 Å². The number of nitrogens with zero attached hydrogens (tertiary/aromatic N) is 1. The number of nitro benzene ring substituents is 1. The van der Waals surface area contributed by atoms with Crippen LogP contribution in [-0.2, 0) is 10.0 Å². The van der Waals surface area contributed by atoms with Crippen molar-refractivity contribution in [2.24, 2.45) is 5.92 Å². The number of non-ortho nitro benzene ring substituents is 1. The molecule has 0 amide bonds. The zero-order chi connectivity index (χ0) is 21.8. The number of ketones is 1. The van der Waals surface area contributed by atoms with Gasteiger partial charge >= 0.3 is 0 Å². The van der Waals surface area contributed by atoms with Gasteiger partial charge in [-0.3, -0.25) is 14.9 Å². The van der Waals surface area contributed by atoms with E-state index < -0.39 is 20.7 Å². The number of hydrogen-bond donors (Lipinski definition) is 2. The second kappa shape index (κ2) is 8.54. The van der Waals surface area contributed by atoms with Crippen LogP contribution in [0.3, 0.4) is 0 Å². The highest BCUT2D eigenvalue weighted by molar-refractivity contribution is 7.89. The summed E-state index contributed by atoms with van der Waals surface area (Å²) in [6.45, 7) is 0. The van der Waals surface area contributed by atoms with Crippen LogP contribution in [0.25, 0.3) is 0 Å².